The normalized spacial score (nSPS) is 12.2. The van der Waals surface area contributed by atoms with E-state index in [0.29, 0.717) is 17.3 Å². The Kier molecular flexibility index (Phi) is 5.27. The molecule has 152 valence electrons. The Bertz CT molecular complexity index is 1180. The van der Waals surface area contributed by atoms with Crippen LogP contribution in [0.5, 0.6) is 0 Å². The summed E-state index contributed by atoms with van der Waals surface area (Å²) in [6.07, 6.45) is 1.26. The van der Waals surface area contributed by atoms with Crippen molar-refractivity contribution in [2.24, 2.45) is 0 Å². The van der Waals surface area contributed by atoms with E-state index in [-0.39, 0.29) is 33.2 Å². The number of hydrogen-bond donors (Lipinski definition) is 1. The second-order valence-electron chi connectivity index (χ2n) is 6.49. The molecule has 0 aliphatic heterocycles. The lowest BCUT2D eigenvalue weighted by Gasteiger charge is -2.14. The minimum Gasteiger partial charge on any atom is -0.383 e. The highest BCUT2D eigenvalue weighted by Gasteiger charge is 2.30. The number of halogens is 4. The highest BCUT2D eigenvalue weighted by atomic mass is 35.5. The summed E-state index contributed by atoms with van der Waals surface area (Å²) in [6.45, 7) is 1.65. The molecule has 0 aliphatic carbocycles. The zero-order valence-electron chi connectivity index (χ0n) is 15.4. The van der Waals surface area contributed by atoms with Crippen LogP contribution in [0.25, 0.3) is 22.6 Å². The second-order valence-corrected chi connectivity index (χ2v) is 6.92. The van der Waals surface area contributed by atoms with Gasteiger partial charge in [-0.2, -0.15) is 0 Å². The fraction of sp³-hybridized carbons (Fsp3) is 0.0952. The first-order valence-electron chi connectivity index (χ1n) is 8.71. The Balaban J connectivity index is 1.98. The molecule has 0 spiro atoms. The molecule has 4 aromatic rings. The fourth-order valence-corrected chi connectivity index (χ4v) is 3.28. The topological polar surface area (TPSA) is 72.0 Å². The van der Waals surface area contributed by atoms with Crippen molar-refractivity contribution in [1.29, 1.82) is 0 Å². The second kappa shape index (κ2) is 7.89. The van der Waals surface area contributed by atoms with Gasteiger partial charge in [0.15, 0.2) is 5.76 Å². The van der Waals surface area contributed by atoms with Gasteiger partial charge in [-0.05, 0) is 37.3 Å². The van der Waals surface area contributed by atoms with Gasteiger partial charge in [-0.1, -0.05) is 16.8 Å². The van der Waals surface area contributed by atoms with Gasteiger partial charge in [-0.3, -0.25) is 0 Å². The Hall–Kier alpha value is -3.23. The van der Waals surface area contributed by atoms with E-state index in [1.54, 1.807) is 6.92 Å². The first kappa shape index (κ1) is 20.1. The summed E-state index contributed by atoms with van der Waals surface area (Å²) < 4.78 is 47.8. The third-order valence-corrected chi connectivity index (χ3v) is 4.84. The molecule has 0 aliphatic rings. The molecule has 2 heterocycles. The van der Waals surface area contributed by atoms with Crippen LogP contribution >= 0.6 is 11.6 Å². The highest BCUT2D eigenvalue weighted by molar-refractivity contribution is 6.30. The van der Waals surface area contributed by atoms with E-state index in [9.17, 15) is 18.3 Å². The number of aryl methyl sites for hydroxylation is 1. The number of aliphatic hydroxyl groups is 1. The molecule has 4 rings (SSSR count). The molecule has 9 heteroatoms. The minimum absolute atomic E-state index is 0.0135. The van der Waals surface area contributed by atoms with Crippen molar-refractivity contribution in [2.45, 2.75) is 13.0 Å². The number of rotatable bonds is 4. The molecule has 0 fully saturated rings. The monoisotopic (exact) mass is 431 g/mol. The first-order chi connectivity index (χ1) is 14.4. The van der Waals surface area contributed by atoms with Crippen molar-refractivity contribution in [2.75, 3.05) is 0 Å². The van der Waals surface area contributed by atoms with Crippen LogP contribution < -0.4 is 0 Å². The molecule has 1 atom stereocenters. The molecule has 0 amide bonds. The van der Waals surface area contributed by atoms with Crippen LogP contribution in [-0.4, -0.2) is 20.2 Å². The maximum absolute atomic E-state index is 14.6. The Morgan fingerprint density at radius 1 is 1.03 bits per heavy atom. The third-order valence-electron chi connectivity index (χ3n) is 4.61. The number of nitrogens with zero attached hydrogens (tertiary/aromatic N) is 3. The van der Waals surface area contributed by atoms with Crippen LogP contribution in [0.1, 0.15) is 22.9 Å². The molecule has 1 N–H and O–H groups in total. The van der Waals surface area contributed by atoms with Crippen LogP contribution in [0.3, 0.4) is 0 Å². The van der Waals surface area contributed by atoms with Crippen molar-refractivity contribution < 1.29 is 22.8 Å². The number of benzene rings is 2. The number of aliphatic hydroxyl groups excluding tert-OH is 1. The van der Waals surface area contributed by atoms with E-state index >= 15 is 0 Å². The molecule has 30 heavy (non-hydrogen) atoms. The van der Waals surface area contributed by atoms with Gasteiger partial charge < -0.3 is 9.63 Å². The molecule has 2 aromatic heterocycles. The summed E-state index contributed by atoms with van der Waals surface area (Å²) >= 11 is 5.83. The molecule has 0 radical (unpaired) electrons. The van der Waals surface area contributed by atoms with Crippen molar-refractivity contribution in [3.05, 3.63) is 88.2 Å². The fourth-order valence-electron chi connectivity index (χ4n) is 3.12. The predicted molar refractivity (Wildman–Crippen MR) is 103 cm³/mol. The standard InChI is InChI=1S/C21H13ClF3N3O2/c1-10-15(8-26-9-27-10)20(29)18-19(13-4-2-11(22)6-16(13)24)28-30-21(18)14-5-3-12(23)7-17(14)25/h2-9,20,29H,1H3. The summed E-state index contributed by atoms with van der Waals surface area (Å²) in [5, 5.41) is 15.2. The Morgan fingerprint density at radius 2 is 1.77 bits per heavy atom. The van der Waals surface area contributed by atoms with E-state index in [4.69, 9.17) is 16.1 Å². The molecule has 0 saturated carbocycles. The summed E-state index contributed by atoms with van der Waals surface area (Å²) in [5.74, 6) is -2.60. The van der Waals surface area contributed by atoms with Gasteiger partial charge in [-0.25, -0.2) is 23.1 Å². The van der Waals surface area contributed by atoms with Gasteiger partial charge in [0.05, 0.1) is 11.1 Å². The molecule has 5 nitrogen and oxygen atoms in total. The Morgan fingerprint density at radius 3 is 2.47 bits per heavy atom. The van der Waals surface area contributed by atoms with Gasteiger partial charge in [0, 0.05) is 34.1 Å². The maximum Gasteiger partial charge on any atom is 0.176 e. The van der Waals surface area contributed by atoms with Crippen LogP contribution in [0.4, 0.5) is 13.2 Å². The maximum atomic E-state index is 14.6. The molecule has 2 aromatic carbocycles. The molecular formula is C21H13ClF3N3O2. The number of aromatic nitrogens is 3. The summed E-state index contributed by atoms with van der Waals surface area (Å²) in [6, 6.07) is 6.75. The molecule has 0 saturated heterocycles. The Labute approximate surface area is 173 Å². The van der Waals surface area contributed by atoms with E-state index in [1.165, 1.54) is 24.7 Å². The van der Waals surface area contributed by atoms with E-state index in [1.807, 2.05) is 0 Å². The molecular weight excluding hydrogens is 419 g/mol. The molecule has 0 bridgehead atoms. The lowest BCUT2D eigenvalue weighted by Crippen LogP contribution is -2.07. The van der Waals surface area contributed by atoms with Gasteiger partial charge in [-0.15, -0.1) is 0 Å². The smallest absolute Gasteiger partial charge is 0.176 e. The van der Waals surface area contributed by atoms with E-state index in [0.717, 1.165) is 18.2 Å². The summed E-state index contributed by atoms with van der Waals surface area (Å²) in [4.78, 5) is 7.94. The zero-order chi connectivity index (χ0) is 21.4. The van der Waals surface area contributed by atoms with Crippen molar-refractivity contribution >= 4 is 11.6 Å². The average Bonchev–Trinajstić information content (AvgIpc) is 3.12. The third kappa shape index (κ3) is 3.55. The van der Waals surface area contributed by atoms with Gasteiger partial charge >= 0.3 is 0 Å². The van der Waals surface area contributed by atoms with Crippen LogP contribution in [0.15, 0.2) is 53.4 Å². The van der Waals surface area contributed by atoms with Gasteiger partial charge in [0.25, 0.3) is 0 Å². The zero-order valence-corrected chi connectivity index (χ0v) is 16.2. The van der Waals surface area contributed by atoms with Crippen LogP contribution in [0, 0.1) is 24.4 Å². The molecule has 1 unspecified atom stereocenters. The minimum atomic E-state index is -1.43. The highest BCUT2D eigenvalue weighted by Crippen LogP contribution is 2.41. The van der Waals surface area contributed by atoms with E-state index < -0.39 is 23.6 Å². The quantitative estimate of drug-likeness (QED) is 0.477. The van der Waals surface area contributed by atoms with Crippen LogP contribution in [-0.2, 0) is 0 Å². The lowest BCUT2D eigenvalue weighted by atomic mass is 9.94. The van der Waals surface area contributed by atoms with Crippen molar-refractivity contribution in [3.63, 3.8) is 0 Å². The van der Waals surface area contributed by atoms with Crippen molar-refractivity contribution in [3.8, 4) is 22.6 Å². The average molecular weight is 432 g/mol. The van der Waals surface area contributed by atoms with Gasteiger partial charge in [0.1, 0.15) is 35.6 Å². The van der Waals surface area contributed by atoms with Gasteiger partial charge in [0.2, 0.25) is 0 Å². The summed E-state index contributed by atoms with van der Waals surface area (Å²) in [7, 11) is 0. The predicted octanol–water partition coefficient (Wildman–Crippen LogP) is 5.26. The van der Waals surface area contributed by atoms with Crippen LogP contribution in [0.2, 0.25) is 5.02 Å². The lowest BCUT2D eigenvalue weighted by molar-refractivity contribution is 0.218. The largest absolute Gasteiger partial charge is 0.383 e. The first-order valence-corrected chi connectivity index (χ1v) is 9.09. The summed E-state index contributed by atoms with van der Waals surface area (Å²) in [5.41, 5.74) is 0.513. The SMILES string of the molecule is Cc1ncncc1C(O)c1c(-c2ccc(Cl)cc2F)noc1-c1ccc(F)cc1F. The van der Waals surface area contributed by atoms with E-state index in [2.05, 4.69) is 15.1 Å². The number of hydrogen-bond acceptors (Lipinski definition) is 5. The van der Waals surface area contributed by atoms with Crippen molar-refractivity contribution in [1.82, 2.24) is 15.1 Å².